The first-order valence-corrected chi connectivity index (χ1v) is 5.80. The summed E-state index contributed by atoms with van der Waals surface area (Å²) in [5, 5.41) is 3.75. The van der Waals surface area contributed by atoms with E-state index in [1.54, 1.807) is 0 Å². The summed E-state index contributed by atoms with van der Waals surface area (Å²) in [7, 11) is 0. The lowest BCUT2D eigenvalue weighted by molar-refractivity contribution is -0.141. The molecule has 0 aliphatic carbocycles. The van der Waals surface area contributed by atoms with Crippen LogP contribution >= 0.6 is 0 Å². The second kappa shape index (κ2) is 4.44. The van der Waals surface area contributed by atoms with Crippen molar-refractivity contribution in [3.8, 4) is 11.1 Å². The van der Waals surface area contributed by atoms with Gasteiger partial charge in [-0.3, -0.25) is 4.79 Å². The van der Waals surface area contributed by atoms with Gasteiger partial charge in [-0.25, -0.2) is 4.39 Å². The van der Waals surface area contributed by atoms with Crippen molar-refractivity contribution in [3.63, 3.8) is 0 Å². The minimum absolute atomic E-state index is 0.0959. The lowest BCUT2D eigenvalue weighted by Gasteiger charge is -2.07. The van der Waals surface area contributed by atoms with Crippen molar-refractivity contribution in [1.29, 1.82) is 0 Å². The van der Waals surface area contributed by atoms with E-state index in [0.29, 0.717) is 11.6 Å². The monoisotopic (exact) mass is 297 g/mol. The third kappa shape index (κ3) is 2.28. The van der Waals surface area contributed by atoms with Crippen LogP contribution in [0.25, 0.3) is 16.8 Å². The molecule has 21 heavy (non-hydrogen) atoms. The van der Waals surface area contributed by atoms with E-state index in [9.17, 15) is 22.4 Å². The Hall–Kier alpha value is -2.64. The summed E-state index contributed by atoms with van der Waals surface area (Å²) in [6, 6.07) is 5.57. The molecule has 0 saturated carbocycles. The van der Waals surface area contributed by atoms with Crippen molar-refractivity contribution in [2.45, 2.75) is 6.18 Å². The fraction of sp³-hybridized carbons (Fsp3) is 0.0769. The van der Waals surface area contributed by atoms with Gasteiger partial charge >= 0.3 is 6.18 Å². The van der Waals surface area contributed by atoms with E-state index < -0.39 is 23.2 Å². The highest BCUT2D eigenvalue weighted by Gasteiger charge is 2.33. The molecule has 2 aromatic heterocycles. The number of hydrogen-bond acceptors (Lipinski definition) is 2. The number of nitrogens with one attached hydrogen (secondary N) is 1. The molecule has 0 amide bonds. The minimum atomic E-state index is -4.68. The van der Waals surface area contributed by atoms with Crippen LogP contribution in [-0.2, 0) is 6.18 Å². The Balaban J connectivity index is 2.28. The van der Waals surface area contributed by atoms with Crippen LogP contribution in [0.2, 0.25) is 0 Å². The third-order valence-corrected chi connectivity index (χ3v) is 2.96. The highest BCUT2D eigenvalue weighted by atomic mass is 19.4. The fourth-order valence-electron chi connectivity index (χ4n) is 1.98. The molecule has 0 unspecified atom stereocenters. The maximum absolute atomic E-state index is 12.9. The van der Waals surface area contributed by atoms with Gasteiger partial charge < -0.3 is 4.98 Å². The van der Waals surface area contributed by atoms with E-state index in [-0.39, 0.29) is 11.2 Å². The number of aromatic amines is 1. The van der Waals surface area contributed by atoms with Crippen LogP contribution < -0.4 is 5.56 Å². The number of aromatic nitrogens is 3. The Bertz CT molecular complexity index is 862. The van der Waals surface area contributed by atoms with Crippen molar-refractivity contribution in [2.24, 2.45) is 0 Å². The molecule has 0 aliphatic rings. The number of rotatable bonds is 1. The van der Waals surface area contributed by atoms with Crippen molar-refractivity contribution in [3.05, 3.63) is 58.4 Å². The molecule has 0 atom stereocenters. The average molecular weight is 297 g/mol. The molecule has 0 aliphatic heterocycles. The normalized spacial score (nSPS) is 12.0. The van der Waals surface area contributed by atoms with Gasteiger partial charge in [0.15, 0.2) is 0 Å². The second-order valence-electron chi connectivity index (χ2n) is 4.34. The molecule has 4 nitrogen and oxygen atoms in total. The molecule has 1 N–H and O–H groups in total. The van der Waals surface area contributed by atoms with Gasteiger partial charge in [0.1, 0.15) is 17.2 Å². The maximum Gasteiger partial charge on any atom is 0.431 e. The summed E-state index contributed by atoms with van der Waals surface area (Å²) in [6.07, 6.45) is -3.42. The summed E-state index contributed by atoms with van der Waals surface area (Å²) in [6.45, 7) is 0. The van der Waals surface area contributed by atoms with E-state index in [1.165, 1.54) is 30.5 Å². The first-order chi connectivity index (χ1) is 9.86. The van der Waals surface area contributed by atoms with Gasteiger partial charge in [0, 0.05) is 11.6 Å². The Kier molecular flexibility index (Phi) is 2.82. The number of fused-ring (bicyclic) bond motifs is 1. The van der Waals surface area contributed by atoms with Gasteiger partial charge in [-0.05, 0) is 17.7 Å². The SMILES string of the molecule is O=c1cc(C(F)(F)F)[nH]c2c(-c3ccc(F)cc3)cnn12. The van der Waals surface area contributed by atoms with E-state index in [4.69, 9.17) is 0 Å². The number of halogens is 4. The molecule has 0 fully saturated rings. The van der Waals surface area contributed by atoms with Crippen molar-refractivity contribution in [1.82, 2.24) is 14.6 Å². The van der Waals surface area contributed by atoms with Crippen LogP contribution in [0.1, 0.15) is 5.69 Å². The van der Waals surface area contributed by atoms with Crippen molar-refractivity contribution >= 4 is 5.65 Å². The molecular weight excluding hydrogens is 290 g/mol. The zero-order valence-electron chi connectivity index (χ0n) is 10.3. The molecule has 0 saturated heterocycles. The van der Waals surface area contributed by atoms with Gasteiger partial charge in [0.2, 0.25) is 0 Å². The topological polar surface area (TPSA) is 50.2 Å². The highest BCUT2D eigenvalue weighted by Crippen LogP contribution is 2.29. The molecule has 3 rings (SSSR count). The number of H-pyrrole nitrogens is 1. The first kappa shape index (κ1) is 13.3. The Morgan fingerprint density at radius 3 is 2.43 bits per heavy atom. The summed E-state index contributed by atoms with van der Waals surface area (Å²) in [4.78, 5) is 13.8. The van der Waals surface area contributed by atoms with Crippen LogP contribution in [0, 0.1) is 5.82 Å². The quantitative estimate of drug-likeness (QED) is 0.702. The molecule has 1 aromatic carbocycles. The number of benzene rings is 1. The van der Waals surface area contributed by atoms with E-state index in [2.05, 4.69) is 10.1 Å². The highest BCUT2D eigenvalue weighted by molar-refractivity contribution is 5.76. The summed E-state index contributed by atoms with van der Waals surface area (Å²) in [5.74, 6) is -0.473. The Morgan fingerprint density at radius 1 is 1.14 bits per heavy atom. The second-order valence-corrected chi connectivity index (χ2v) is 4.34. The molecule has 8 heteroatoms. The first-order valence-electron chi connectivity index (χ1n) is 5.80. The zero-order valence-corrected chi connectivity index (χ0v) is 10.3. The van der Waals surface area contributed by atoms with Crippen molar-refractivity contribution in [2.75, 3.05) is 0 Å². The van der Waals surface area contributed by atoms with Crippen LogP contribution in [0.4, 0.5) is 17.6 Å². The number of alkyl halides is 3. The van der Waals surface area contributed by atoms with Gasteiger partial charge in [-0.15, -0.1) is 0 Å². The van der Waals surface area contributed by atoms with Crippen LogP contribution in [0.3, 0.4) is 0 Å². The van der Waals surface area contributed by atoms with Crippen LogP contribution in [-0.4, -0.2) is 14.6 Å². The standard InChI is InChI=1S/C13H7F4N3O/c14-8-3-1-7(2-4-8)9-6-18-20-11(21)5-10(13(15,16)17)19-12(9)20/h1-6,19H. The molecular formula is C13H7F4N3O. The number of nitrogens with zero attached hydrogens (tertiary/aromatic N) is 2. The predicted molar refractivity (Wildman–Crippen MR) is 66.2 cm³/mol. The summed E-state index contributed by atoms with van der Waals surface area (Å²) >= 11 is 0. The third-order valence-electron chi connectivity index (χ3n) is 2.96. The molecule has 0 bridgehead atoms. The lowest BCUT2D eigenvalue weighted by atomic mass is 10.1. The molecule has 0 radical (unpaired) electrons. The van der Waals surface area contributed by atoms with E-state index in [0.717, 1.165) is 4.52 Å². The smallest absolute Gasteiger partial charge is 0.335 e. The zero-order chi connectivity index (χ0) is 15.2. The van der Waals surface area contributed by atoms with Gasteiger partial charge in [-0.2, -0.15) is 22.8 Å². The molecule has 0 spiro atoms. The summed E-state index contributed by atoms with van der Waals surface area (Å²) < 4.78 is 51.9. The Labute approximate surface area is 114 Å². The average Bonchev–Trinajstić information content (AvgIpc) is 2.83. The lowest BCUT2D eigenvalue weighted by Crippen LogP contribution is -2.19. The summed E-state index contributed by atoms with van der Waals surface area (Å²) in [5.41, 5.74) is -1.44. The fourth-order valence-corrected chi connectivity index (χ4v) is 1.98. The number of hydrogen-bond donors (Lipinski definition) is 1. The van der Waals surface area contributed by atoms with Crippen molar-refractivity contribution < 1.29 is 17.6 Å². The predicted octanol–water partition coefficient (Wildman–Crippen LogP) is 2.85. The Morgan fingerprint density at radius 2 is 1.81 bits per heavy atom. The van der Waals surface area contributed by atoms with E-state index >= 15 is 0 Å². The molecule has 2 heterocycles. The largest absolute Gasteiger partial charge is 0.431 e. The van der Waals surface area contributed by atoms with Gasteiger partial charge in [0.25, 0.3) is 5.56 Å². The van der Waals surface area contributed by atoms with E-state index in [1.807, 2.05) is 0 Å². The van der Waals surface area contributed by atoms with Gasteiger partial charge in [0.05, 0.1) is 6.20 Å². The van der Waals surface area contributed by atoms with Crippen LogP contribution in [0.5, 0.6) is 0 Å². The maximum atomic E-state index is 12.9. The minimum Gasteiger partial charge on any atom is -0.335 e. The van der Waals surface area contributed by atoms with Crippen LogP contribution in [0.15, 0.2) is 41.3 Å². The van der Waals surface area contributed by atoms with Gasteiger partial charge in [-0.1, -0.05) is 12.1 Å². The molecule has 108 valence electrons. The molecule has 3 aromatic rings.